The second kappa shape index (κ2) is 9.22. The van der Waals surface area contributed by atoms with Crippen LogP contribution < -0.4 is 14.2 Å². The lowest BCUT2D eigenvalue weighted by Gasteiger charge is -2.21. The quantitative estimate of drug-likeness (QED) is 0.549. The third-order valence-electron chi connectivity index (χ3n) is 4.72. The number of furan rings is 1. The molecule has 1 amide bonds. The first-order valence-corrected chi connectivity index (χ1v) is 9.74. The SMILES string of the molecule is COc1cc(/C=C/C(=O)N(Cc2ccccc2)Cc2ccco2)cc2c1OCCO2. The predicted octanol–water partition coefficient (Wildman–Crippen LogP) is 4.30. The van der Waals surface area contributed by atoms with Gasteiger partial charge in [0.25, 0.3) is 0 Å². The van der Waals surface area contributed by atoms with Gasteiger partial charge in [0.05, 0.1) is 19.9 Å². The van der Waals surface area contributed by atoms with Crippen LogP contribution in [0.2, 0.25) is 0 Å². The normalized spacial score (nSPS) is 12.7. The van der Waals surface area contributed by atoms with E-state index in [-0.39, 0.29) is 5.91 Å². The molecular weight excluding hydrogens is 382 g/mol. The molecule has 0 saturated carbocycles. The molecule has 2 heterocycles. The van der Waals surface area contributed by atoms with Crippen LogP contribution in [0.1, 0.15) is 16.9 Å². The molecule has 0 atom stereocenters. The van der Waals surface area contributed by atoms with Crippen LogP contribution in [0.3, 0.4) is 0 Å². The Morgan fingerprint density at radius 2 is 1.90 bits per heavy atom. The van der Waals surface area contributed by atoms with Crippen molar-refractivity contribution in [3.8, 4) is 17.2 Å². The number of amides is 1. The summed E-state index contributed by atoms with van der Waals surface area (Å²) >= 11 is 0. The van der Waals surface area contributed by atoms with E-state index in [2.05, 4.69) is 0 Å². The summed E-state index contributed by atoms with van der Waals surface area (Å²) in [6.45, 7) is 1.83. The van der Waals surface area contributed by atoms with E-state index in [1.807, 2.05) is 54.6 Å². The lowest BCUT2D eigenvalue weighted by molar-refractivity contribution is -0.127. The number of carbonyl (C=O) groups excluding carboxylic acids is 1. The fourth-order valence-electron chi connectivity index (χ4n) is 3.27. The molecule has 0 spiro atoms. The van der Waals surface area contributed by atoms with Crippen molar-refractivity contribution in [3.05, 3.63) is 83.8 Å². The molecule has 6 nitrogen and oxygen atoms in total. The molecule has 0 fully saturated rings. The van der Waals surface area contributed by atoms with E-state index in [1.54, 1.807) is 30.4 Å². The first kappa shape index (κ1) is 19.6. The first-order valence-electron chi connectivity index (χ1n) is 9.74. The number of nitrogens with zero attached hydrogens (tertiary/aromatic N) is 1. The fourth-order valence-corrected chi connectivity index (χ4v) is 3.27. The molecule has 0 unspecified atom stereocenters. The summed E-state index contributed by atoms with van der Waals surface area (Å²) in [5.41, 5.74) is 1.84. The molecule has 0 radical (unpaired) electrons. The average Bonchev–Trinajstić information content (AvgIpc) is 3.30. The van der Waals surface area contributed by atoms with Crippen LogP contribution >= 0.6 is 0 Å². The summed E-state index contributed by atoms with van der Waals surface area (Å²) in [5, 5.41) is 0. The van der Waals surface area contributed by atoms with Crippen molar-refractivity contribution in [2.45, 2.75) is 13.1 Å². The largest absolute Gasteiger partial charge is 0.493 e. The second-order valence-corrected chi connectivity index (χ2v) is 6.84. The van der Waals surface area contributed by atoms with Crippen molar-refractivity contribution >= 4 is 12.0 Å². The Morgan fingerprint density at radius 1 is 1.07 bits per heavy atom. The lowest BCUT2D eigenvalue weighted by atomic mass is 10.1. The van der Waals surface area contributed by atoms with E-state index in [0.717, 1.165) is 16.9 Å². The minimum Gasteiger partial charge on any atom is -0.493 e. The fraction of sp³-hybridized carbons (Fsp3) is 0.208. The van der Waals surface area contributed by atoms with Crippen LogP contribution in [0.15, 0.2) is 71.4 Å². The van der Waals surface area contributed by atoms with Gasteiger partial charge in [-0.3, -0.25) is 4.79 Å². The summed E-state index contributed by atoms with van der Waals surface area (Å²) in [5.74, 6) is 2.40. The van der Waals surface area contributed by atoms with Gasteiger partial charge in [0, 0.05) is 12.6 Å². The number of hydrogen-bond acceptors (Lipinski definition) is 5. The summed E-state index contributed by atoms with van der Waals surface area (Å²) in [4.78, 5) is 14.7. The molecule has 0 aliphatic carbocycles. The Morgan fingerprint density at radius 3 is 2.67 bits per heavy atom. The lowest BCUT2D eigenvalue weighted by Crippen LogP contribution is -2.28. The van der Waals surface area contributed by atoms with Gasteiger partial charge in [-0.25, -0.2) is 0 Å². The summed E-state index contributed by atoms with van der Waals surface area (Å²) in [6.07, 6.45) is 4.91. The van der Waals surface area contributed by atoms with Crippen LogP contribution in [-0.2, 0) is 17.9 Å². The molecule has 0 N–H and O–H groups in total. The highest BCUT2D eigenvalue weighted by molar-refractivity contribution is 5.92. The number of methoxy groups -OCH3 is 1. The summed E-state index contributed by atoms with van der Waals surface area (Å²) < 4.78 is 22.1. The maximum absolute atomic E-state index is 13.0. The van der Waals surface area contributed by atoms with Gasteiger partial charge < -0.3 is 23.5 Å². The second-order valence-electron chi connectivity index (χ2n) is 6.84. The first-order chi connectivity index (χ1) is 14.7. The Labute approximate surface area is 175 Å². The van der Waals surface area contributed by atoms with E-state index in [4.69, 9.17) is 18.6 Å². The molecule has 2 aromatic carbocycles. The van der Waals surface area contributed by atoms with E-state index in [0.29, 0.717) is 43.6 Å². The molecule has 1 aliphatic heterocycles. The van der Waals surface area contributed by atoms with E-state index >= 15 is 0 Å². The highest BCUT2D eigenvalue weighted by atomic mass is 16.6. The molecule has 0 saturated heterocycles. The topological polar surface area (TPSA) is 61.1 Å². The summed E-state index contributed by atoms with van der Waals surface area (Å²) in [6, 6.07) is 17.2. The minimum absolute atomic E-state index is 0.121. The molecule has 0 bridgehead atoms. The third-order valence-corrected chi connectivity index (χ3v) is 4.72. The van der Waals surface area contributed by atoms with Gasteiger partial charge in [0.1, 0.15) is 19.0 Å². The third kappa shape index (κ3) is 4.66. The Hall–Kier alpha value is -3.67. The van der Waals surface area contributed by atoms with Crippen molar-refractivity contribution in [2.24, 2.45) is 0 Å². The molecule has 3 aromatic rings. The molecule has 6 heteroatoms. The molecule has 30 heavy (non-hydrogen) atoms. The van der Waals surface area contributed by atoms with E-state index < -0.39 is 0 Å². The standard InChI is InChI=1S/C24H23NO5/c1-27-21-14-19(15-22-24(21)30-13-12-29-22)9-10-23(26)25(17-20-8-5-11-28-20)16-18-6-3-2-4-7-18/h2-11,14-15H,12-13,16-17H2,1H3/b10-9+. The Kier molecular flexibility index (Phi) is 6.03. The van der Waals surface area contributed by atoms with Crippen LogP contribution in [-0.4, -0.2) is 31.1 Å². The van der Waals surface area contributed by atoms with Gasteiger partial charge in [-0.15, -0.1) is 0 Å². The van der Waals surface area contributed by atoms with Crippen molar-refractivity contribution < 1.29 is 23.4 Å². The van der Waals surface area contributed by atoms with E-state index in [9.17, 15) is 4.79 Å². The van der Waals surface area contributed by atoms with Gasteiger partial charge in [-0.05, 0) is 41.5 Å². The monoisotopic (exact) mass is 405 g/mol. The minimum atomic E-state index is -0.121. The van der Waals surface area contributed by atoms with E-state index in [1.165, 1.54) is 0 Å². The number of rotatable bonds is 7. The number of carbonyl (C=O) groups is 1. The zero-order valence-electron chi connectivity index (χ0n) is 16.7. The zero-order valence-corrected chi connectivity index (χ0v) is 16.7. The van der Waals surface area contributed by atoms with Crippen LogP contribution in [0.5, 0.6) is 17.2 Å². The van der Waals surface area contributed by atoms with Crippen molar-refractivity contribution in [1.29, 1.82) is 0 Å². The number of hydrogen-bond donors (Lipinski definition) is 0. The molecule has 1 aromatic heterocycles. The van der Waals surface area contributed by atoms with Gasteiger partial charge in [-0.1, -0.05) is 30.3 Å². The molecule has 154 valence electrons. The van der Waals surface area contributed by atoms with Gasteiger partial charge in [-0.2, -0.15) is 0 Å². The molecule has 4 rings (SSSR count). The smallest absolute Gasteiger partial charge is 0.247 e. The number of fused-ring (bicyclic) bond motifs is 1. The van der Waals surface area contributed by atoms with Crippen molar-refractivity contribution in [2.75, 3.05) is 20.3 Å². The van der Waals surface area contributed by atoms with Crippen LogP contribution in [0.25, 0.3) is 6.08 Å². The van der Waals surface area contributed by atoms with Crippen LogP contribution in [0.4, 0.5) is 0 Å². The highest BCUT2D eigenvalue weighted by Crippen LogP contribution is 2.40. The van der Waals surface area contributed by atoms with Gasteiger partial charge in [0.15, 0.2) is 11.5 Å². The number of ether oxygens (including phenoxy) is 3. The average molecular weight is 405 g/mol. The molecule has 1 aliphatic rings. The number of benzene rings is 2. The van der Waals surface area contributed by atoms with Crippen molar-refractivity contribution in [1.82, 2.24) is 4.90 Å². The maximum Gasteiger partial charge on any atom is 0.247 e. The highest BCUT2D eigenvalue weighted by Gasteiger charge is 2.18. The van der Waals surface area contributed by atoms with Crippen molar-refractivity contribution in [3.63, 3.8) is 0 Å². The Balaban J connectivity index is 1.54. The van der Waals surface area contributed by atoms with Gasteiger partial charge in [0.2, 0.25) is 11.7 Å². The molecular formula is C24H23NO5. The predicted molar refractivity (Wildman–Crippen MR) is 112 cm³/mol. The Bertz CT molecular complexity index is 994. The zero-order chi connectivity index (χ0) is 20.8. The van der Waals surface area contributed by atoms with Crippen LogP contribution in [0, 0.1) is 0 Å². The van der Waals surface area contributed by atoms with Gasteiger partial charge >= 0.3 is 0 Å². The maximum atomic E-state index is 13.0. The summed E-state index contributed by atoms with van der Waals surface area (Å²) in [7, 11) is 1.58.